The average molecular weight is 107 g/mol. The van der Waals surface area contributed by atoms with Gasteiger partial charge >= 0.3 is 5.97 Å². The molecule has 3 nitrogen and oxygen atoms in total. The van der Waals surface area contributed by atoms with E-state index >= 15 is 0 Å². The molecule has 0 heterocycles. The first kappa shape index (κ1) is 5.78. The van der Waals surface area contributed by atoms with Gasteiger partial charge < -0.3 is 22.6 Å². The maximum atomic E-state index is 9.50. The summed E-state index contributed by atoms with van der Waals surface area (Å²) < 4.78 is 1.18. The van der Waals surface area contributed by atoms with Gasteiger partial charge in [0.25, 0.3) is 0 Å². The number of aliphatic carboxylic acids is 1. The molecule has 0 saturated carbocycles. The number of carboxylic acid groups (broad SMARTS) is 1. The molecule has 0 saturated heterocycles. The van der Waals surface area contributed by atoms with E-state index in [9.17, 15) is 4.79 Å². The van der Waals surface area contributed by atoms with Gasteiger partial charge in [-0.2, -0.15) is 0 Å². The van der Waals surface area contributed by atoms with Gasteiger partial charge in [-0.15, -0.1) is 0 Å². The molecule has 0 atom stereocenters. The molecule has 0 aliphatic carbocycles. The Bertz CT molecular complexity index is 55.5. The van der Waals surface area contributed by atoms with Crippen LogP contribution in [-0.2, 0) is 17.6 Å². The number of rotatable bonds is 2. The maximum absolute atomic E-state index is 9.50. The molecule has 0 amide bonds. The lowest BCUT2D eigenvalue weighted by Gasteiger charge is -1.92. The highest BCUT2D eigenvalue weighted by Gasteiger charge is 1.87. The summed E-state index contributed by atoms with van der Waals surface area (Å²) in [5, 5.41) is 7.82. The molecule has 0 spiro atoms. The molecule has 0 rings (SSSR count). The minimum atomic E-state index is -0.870. The van der Waals surface area contributed by atoms with Crippen LogP contribution in [0.15, 0.2) is 0 Å². The molecule has 36 valence electrons. The van der Waals surface area contributed by atoms with Crippen LogP contribution in [0.1, 0.15) is 0 Å². The Morgan fingerprint density at radius 2 is 2.50 bits per heavy atom. The van der Waals surface area contributed by atoms with Crippen molar-refractivity contribution in [2.75, 3.05) is 6.54 Å². The highest BCUT2D eigenvalue weighted by atomic mass is 32.1. The Balaban J connectivity index is 2.83. The van der Waals surface area contributed by atoms with E-state index in [1.54, 1.807) is 0 Å². The Hall–Kier alpha value is -0.220. The van der Waals surface area contributed by atoms with Crippen molar-refractivity contribution in [2.24, 2.45) is 0 Å². The SMILES string of the molecule is O=C(O)C[NH2+][S-]. The molecule has 0 unspecified atom stereocenters. The van der Waals surface area contributed by atoms with Gasteiger partial charge in [0.2, 0.25) is 0 Å². The second-order valence-corrected chi connectivity index (χ2v) is 1.10. The van der Waals surface area contributed by atoms with Crippen molar-refractivity contribution in [3.8, 4) is 0 Å². The second-order valence-electron chi connectivity index (χ2n) is 0.765. The molecule has 0 fully saturated rings. The molecule has 0 aromatic carbocycles. The number of quaternary nitrogens is 1. The number of hydrogen-bond acceptors (Lipinski definition) is 2. The van der Waals surface area contributed by atoms with Gasteiger partial charge in [-0.3, -0.25) is 0 Å². The third-order valence-electron chi connectivity index (χ3n) is 0.258. The van der Waals surface area contributed by atoms with Gasteiger partial charge in [-0.1, -0.05) is 0 Å². The molecule has 0 aliphatic heterocycles. The Labute approximate surface area is 40.9 Å². The van der Waals surface area contributed by atoms with Crippen molar-refractivity contribution >= 4 is 18.8 Å². The molecule has 0 bridgehead atoms. The third-order valence-corrected chi connectivity index (χ3v) is 0.425. The summed E-state index contributed by atoms with van der Waals surface area (Å²) in [6, 6.07) is 0. The van der Waals surface area contributed by atoms with Gasteiger partial charge in [0.15, 0.2) is 6.54 Å². The quantitative estimate of drug-likeness (QED) is 0.405. The smallest absolute Gasteiger partial charge is 0.357 e. The molecule has 0 aromatic rings. The molecule has 0 aliphatic rings. The molecular weight excluding hydrogens is 102 g/mol. The zero-order valence-electron chi connectivity index (χ0n) is 3.05. The summed E-state index contributed by atoms with van der Waals surface area (Å²) in [7, 11) is 0. The topological polar surface area (TPSA) is 53.9 Å². The minimum absolute atomic E-state index is 0.0185. The van der Waals surface area contributed by atoms with E-state index in [1.807, 2.05) is 0 Å². The molecule has 0 radical (unpaired) electrons. The third kappa shape index (κ3) is 3.78. The van der Waals surface area contributed by atoms with E-state index < -0.39 is 5.97 Å². The molecule has 3 N–H and O–H groups in total. The lowest BCUT2D eigenvalue weighted by atomic mass is 10.7. The summed E-state index contributed by atoms with van der Waals surface area (Å²) in [5.41, 5.74) is 0. The Kier molecular flexibility index (Phi) is 2.88. The van der Waals surface area contributed by atoms with Crippen molar-refractivity contribution in [1.29, 1.82) is 0 Å². The van der Waals surface area contributed by atoms with Crippen LogP contribution in [0.25, 0.3) is 0 Å². The largest absolute Gasteiger partial charge is 0.497 e. The molecular formula is C2H5NO2S. The monoisotopic (exact) mass is 107 g/mol. The van der Waals surface area contributed by atoms with Crippen LogP contribution in [0.3, 0.4) is 0 Å². The van der Waals surface area contributed by atoms with E-state index in [1.165, 1.54) is 4.72 Å². The van der Waals surface area contributed by atoms with Crippen LogP contribution in [-0.4, -0.2) is 17.6 Å². The van der Waals surface area contributed by atoms with Crippen molar-refractivity contribution in [3.05, 3.63) is 0 Å². The standard InChI is InChI=1S/C2H5NO2S/c4-2(5)1-3-6/h1,3H2,(H,4,5). The highest BCUT2D eigenvalue weighted by Crippen LogP contribution is 1.42. The van der Waals surface area contributed by atoms with Crippen LogP contribution in [0, 0.1) is 0 Å². The fraction of sp³-hybridized carbons (Fsp3) is 0.500. The summed E-state index contributed by atoms with van der Waals surface area (Å²) >= 11 is 4.22. The van der Waals surface area contributed by atoms with Gasteiger partial charge in [0.05, 0.1) is 0 Å². The first-order valence-corrected chi connectivity index (χ1v) is 1.90. The first-order valence-electron chi connectivity index (χ1n) is 1.43. The zero-order chi connectivity index (χ0) is 4.99. The molecule has 4 heteroatoms. The summed E-state index contributed by atoms with van der Waals surface area (Å²) in [6.07, 6.45) is 0. The highest BCUT2D eigenvalue weighted by molar-refractivity contribution is 7.50. The minimum Gasteiger partial charge on any atom is -0.497 e. The summed E-state index contributed by atoms with van der Waals surface area (Å²) in [6.45, 7) is -0.0185. The number of hydrogen-bond donors (Lipinski definition) is 2. The van der Waals surface area contributed by atoms with E-state index in [-0.39, 0.29) is 6.54 Å². The predicted octanol–water partition coefficient (Wildman–Crippen LogP) is -1.90. The van der Waals surface area contributed by atoms with Crippen LogP contribution in [0.2, 0.25) is 0 Å². The van der Waals surface area contributed by atoms with Crippen LogP contribution in [0.5, 0.6) is 0 Å². The summed E-state index contributed by atoms with van der Waals surface area (Å²) in [4.78, 5) is 9.50. The normalized spacial score (nSPS) is 8.17. The fourth-order valence-electron chi connectivity index (χ4n) is 0.0713. The Morgan fingerprint density at radius 3 is 2.50 bits per heavy atom. The average Bonchev–Trinajstić information content (AvgIpc) is 1.35. The van der Waals surface area contributed by atoms with E-state index in [0.29, 0.717) is 0 Å². The van der Waals surface area contributed by atoms with Crippen molar-refractivity contribution in [3.63, 3.8) is 0 Å². The number of carbonyl (C=O) groups is 1. The van der Waals surface area contributed by atoms with Crippen LogP contribution < -0.4 is 4.72 Å². The lowest BCUT2D eigenvalue weighted by Crippen LogP contribution is -2.79. The van der Waals surface area contributed by atoms with E-state index in [0.717, 1.165) is 0 Å². The van der Waals surface area contributed by atoms with Crippen molar-refractivity contribution < 1.29 is 14.6 Å². The molecule has 0 aromatic heterocycles. The molecule has 6 heavy (non-hydrogen) atoms. The lowest BCUT2D eigenvalue weighted by molar-refractivity contribution is -0.467. The van der Waals surface area contributed by atoms with Gasteiger partial charge in [0, 0.05) is 0 Å². The van der Waals surface area contributed by atoms with Crippen molar-refractivity contribution in [2.45, 2.75) is 0 Å². The second kappa shape index (κ2) is 2.99. The zero-order valence-corrected chi connectivity index (χ0v) is 3.86. The van der Waals surface area contributed by atoms with Gasteiger partial charge in [0.1, 0.15) is 0 Å². The number of nitrogens with two attached hydrogens (primary N) is 1. The Morgan fingerprint density at radius 1 is 2.00 bits per heavy atom. The van der Waals surface area contributed by atoms with Crippen LogP contribution in [0.4, 0.5) is 0 Å². The summed E-state index contributed by atoms with van der Waals surface area (Å²) in [5.74, 6) is -0.870. The fourth-order valence-corrected chi connectivity index (χ4v) is 0.214. The van der Waals surface area contributed by atoms with E-state index in [4.69, 9.17) is 5.11 Å². The van der Waals surface area contributed by atoms with Crippen molar-refractivity contribution in [1.82, 2.24) is 0 Å². The number of carboxylic acids is 1. The maximum Gasteiger partial charge on any atom is 0.357 e. The predicted molar refractivity (Wildman–Crippen MR) is 21.8 cm³/mol. The van der Waals surface area contributed by atoms with Gasteiger partial charge in [-0.05, 0) is 0 Å². The first-order chi connectivity index (χ1) is 2.77. The van der Waals surface area contributed by atoms with Gasteiger partial charge in [-0.25, -0.2) is 4.79 Å². The van der Waals surface area contributed by atoms with E-state index in [2.05, 4.69) is 12.8 Å². The van der Waals surface area contributed by atoms with Crippen LogP contribution >= 0.6 is 0 Å².